The molecule has 0 aliphatic rings. The summed E-state index contributed by atoms with van der Waals surface area (Å²) in [7, 11) is 1.64. The number of allylic oxidation sites excluding steroid dienone is 1. The number of nitrogen functional groups attached to an aromatic ring is 1. The molecule has 1 aromatic heterocycles. The molecule has 0 radical (unpaired) electrons. The van der Waals surface area contributed by atoms with Gasteiger partial charge in [0.1, 0.15) is 5.75 Å². The van der Waals surface area contributed by atoms with Gasteiger partial charge in [-0.15, -0.1) is 0 Å². The lowest BCUT2D eigenvalue weighted by Gasteiger charge is -2.07. The van der Waals surface area contributed by atoms with Crippen LogP contribution in [0.5, 0.6) is 5.75 Å². The van der Waals surface area contributed by atoms with Gasteiger partial charge in [0.15, 0.2) is 0 Å². The van der Waals surface area contributed by atoms with Crippen LogP contribution in [0.25, 0.3) is 17.3 Å². The Balaban J connectivity index is 2.50. The van der Waals surface area contributed by atoms with E-state index >= 15 is 0 Å². The summed E-state index contributed by atoms with van der Waals surface area (Å²) in [5.41, 5.74) is 8.39. The van der Waals surface area contributed by atoms with E-state index in [0.29, 0.717) is 0 Å². The standard InChI is InChI=1S/C14H15N3O/c1-3-4-11-9-16-14(15)17-13(11)10-5-7-12(18-2)8-6-10/h3-9H,1-2H3,(H2,15,16,17). The van der Waals surface area contributed by atoms with Crippen molar-refractivity contribution >= 4 is 12.0 Å². The highest BCUT2D eigenvalue weighted by molar-refractivity contribution is 5.72. The van der Waals surface area contributed by atoms with Gasteiger partial charge in [-0.3, -0.25) is 0 Å². The number of methoxy groups -OCH3 is 1. The maximum Gasteiger partial charge on any atom is 0.220 e. The number of hydrogen-bond acceptors (Lipinski definition) is 4. The lowest BCUT2D eigenvalue weighted by Crippen LogP contribution is -1.98. The van der Waals surface area contributed by atoms with Gasteiger partial charge < -0.3 is 10.5 Å². The molecule has 4 nitrogen and oxygen atoms in total. The van der Waals surface area contributed by atoms with Crippen LogP contribution in [0, 0.1) is 0 Å². The highest BCUT2D eigenvalue weighted by atomic mass is 16.5. The molecule has 1 heterocycles. The zero-order valence-electron chi connectivity index (χ0n) is 10.4. The van der Waals surface area contributed by atoms with Gasteiger partial charge in [0, 0.05) is 17.3 Å². The molecule has 0 saturated heterocycles. The first kappa shape index (κ1) is 12.1. The maximum atomic E-state index is 5.65. The Bertz CT molecular complexity index is 562. The molecule has 0 aliphatic heterocycles. The number of aromatic nitrogens is 2. The summed E-state index contributed by atoms with van der Waals surface area (Å²) in [6, 6.07) is 7.70. The average Bonchev–Trinajstić information content (AvgIpc) is 2.41. The van der Waals surface area contributed by atoms with Crippen molar-refractivity contribution < 1.29 is 4.74 Å². The number of hydrogen-bond donors (Lipinski definition) is 1. The Hall–Kier alpha value is -2.36. The van der Waals surface area contributed by atoms with E-state index in [2.05, 4.69) is 9.97 Å². The van der Waals surface area contributed by atoms with Gasteiger partial charge in [-0.05, 0) is 31.2 Å². The number of ether oxygens (including phenoxy) is 1. The number of anilines is 1. The zero-order chi connectivity index (χ0) is 13.0. The smallest absolute Gasteiger partial charge is 0.220 e. The summed E-state index contributed by atoms with van der Waals surface area (Å²) in [5.74, 6) is 1.09. The Kier molecular flexibility index (Phi) is 3.57. The van der Waals surface area contributed by atoms with Crippen molar-refractivity contribution in [1.29, 1.82) is 0 Å². The molecule has 1 aromatic carbocycles. The van der Waals surface area contributed by atoms with Crippen molar-refractivity contribution in [3.63, 3.8) is 0 Å². The number of nitrogens with zero attached hydrogens (tertiary/aromatic N) is 2. The molecule has 2 rings (SSSR count). The Morgan fingerprint density at radius 1 is 1.22 bits per heavy atom. The van der Waals surface area contributed by atoms with Gasteiger partial charge in [-0.2, -0.15) is 0 Å². The first-order valence-corrected chi connectivity index (χ1v) is 5.64. The minimum atomic E-state index is 0.272. The van der Waals surface area contributed by atoms with Gasteiger partial charge >= 0.3 is 0 Å². The molecule has 92 valence electrons. The van der Waals surface area contributed by atoms with E-state index in [0.717, 1.165) is 22.6 Å². The second kappa shape index (κ2) is 5.31. The normalized spacial score (nSPS) is 10.8. The van der Waals surface area contributed by atoms with Gasteiger partial charge in [-0.1, -0.05) is 12.2 Å². The van der Waals surface area contributed by atoms with Crippen molar-refractivity contribution in [2.75, 3.05) is 12.8 Å². The molecule has 0 amide bonds. The molecule has 0 fully saturated rings. The fourth-order valence-electron chi connectivity index (χ4n) is 1.69. The van der Waals surface area contributed by atoms with E-state index in [1.165, 1.54) is 0 Å². The van der Waals surface area contributed by atoms with Crippen LogP contribution in [0.2, 0.25) is 0 Å². The first-order chi connectivity index (χ1) is 8.74. The van der Waals surface area contributed by atoms with Crippen molar-refractivity contribution in [1.82, 2.24) is 9.97 Å². The molecule has 2 N–H and O–H groups in total. The second-order valence-electron chi connectivity index (χ2n) is 3.76. The van der Waals surface area contributed by atoms with Gasteiger partial charge in [0.05, 0.1) is 12.8 Å². The van der Waals surface area contributed by atoms with Crippen LogP contribution < -0.4 is 10.5 Å². The fourth-order valence-corrected chi connectivity index (χ4v) is 1.69. The molecule has 0 bridgehead atoms. The van der Waals surface area contributed by atoms with E-state index < -0.39 is 0 Å². The van der Waals surface area contributed by atoms with Crippen LogP contribution in [0.1, 0.15) is 12.5 Å². The van der Waals surface area contributed by atoms with Crippen LogP contribution in [-0.4, -0.2) is 17.1 Å². The minimum Gasteiger partial charge on any atom is -0.497 e. The largest absolute Gasteiger partial charge is 0.497 e. The summed E-state index contributed by atoms with van der Waals surface area (Å²) >= 11 is 0. The van der Waals surface area contributed by atoms with Crippen LogP contribution in [0.15, 0.2) is 36.5 Å². The minimum absolute atomic E-state index is 0.272. The molecular weight excluding hydrogens is 226 g/mol. The van der Waals surface area contributed by atoms with Crippen molar-refractivity contribution in [2.24, 2.45) is 0 Å². The van der Waals surface area contributed by atoms with E-state index in [-0.39, 0.29) is 5.95 Å². The topological polar surface area (TPSA) is 61.0 Å². The van der Waals surface area contributed by atoms with Crippen LogP contribution in [-0.2, 0) is 0 Å². The zero-order valence-corrected chi connectivity index (χ0v) is 10.4. The summed E-state index contributed by atoms with van der Waals surface area (Å²) in [6.07, 6.45) is 5.63. The average molecular weight is 241 g/mol. The molecule has 0 aliphatic carbocycles. The van der Waals surface area contributed by atoms with E-state index in [1.54, 1.807) is 13.3 Å². The lowest BCUT2D eigenvalue weighted by atomic mass is 10.1. The Morgan fingerprint density at radius 2 is 1.94 bits per heavy atom. The summed E-state index contributed by atoms with van der Waals surface area (Å²) in [6.45, 7) is 1.95. The highest BCUT2D eigenvalue weighted by Crippen LogP contribution is 2.25. The maximum absolute atomic E-state index is 5.65. The third-order valence-corrected chi connectivity index (χ3v) is 2.55. The molecule has 0 unspecified atom stereocenters. The molecule has 18 heavy (non-hydrogen) atoms. The van der Waals surface area contributed by atoms with Crippen molar-refractivity contribution in [2.45, 2.75) is 6.92 Å². The van der Waals surface area contributed by atoms with E-state index in [1.807, 2.05) is 43.3 Å². The predicted molar refractivity (Wildman–Crippen MR) is 73.1 cm³/mol. The molecule has 4 heteroatoms. The first-order valence-electron chi connectivity index (χ1n) is 5.64. The fraction of sp³-hybridized carbons (Fsp3) is 0.143. The Labute approximate surface area is 106 Å². The highest BCUT2D eigenvalue weighted by Gasteiger charge is 2.06. The summed E-state index contributed by atoms with van der Waals surface area (Å²) in [4.78, 5) is 8.30. The molecule has 2 aromatic rings. The molecule has 0 atom stereocenters. The monoisotopic (exact) mass is 241 g/mol. The van der Waals surface area contributed by atoms with Gasteiger partial charge in [0.25, 0.3) is 0 Å². The Morgan fingerprint density at radius 3 is 2.56 bits per heavy atom. The van der Waals surface area contributed by atoms with Gasteiger partial charge in [0.2, 0.25) is 5.95 Å². The third-order valence-electron chi connectivity index (χ3n) is 2.55. The summed E-state index contributed by atoms with van der Waals surface area (Å²) in [5, 5.41) is 0. The summed E-state index contributed by atoms with van der Waals surface area (Å²) < 4.78 is 5.14. The van der Waals surface area contributed by atoms with Crippen molar-refractivity contribution in [3.8, 4) is 17.0 Å². The predicted octanol–water partition coefficient (Wildman–Crippen LogP) is 2.77. The molecular formula is C14H15N3O. The number of benzene rings is 1. The number of rotatable bonds is 3. The van der Waals surface area contributed by atoms with E-state index in [4.69, 9.17) is 10.5 Å². The van der Waals surface area contributed by atoms with Gasteiger partial charge in [-0.25, -0.2) is 9.97 Å². The third kappa shape index (κ3) is 2.48. The van der Waals surface area contributed by atoms with Crippen LogP contribution in [0.4, 0.5) is 5.95 Å². The molecule has 0 saturated carbocycles. The number of nitrogens with two attached hydrogens (primary N) is 1. The molecule has 0 spiro atoms. The quantitative estimate of drug-likeness (QED) is 0.897. The lowest BCUT2D eigenvalue weighted by molar-refractivity contribution is 0.415. The van der Waals surface area contributed by atoms with Crippen LogP contribution >= 0.6 is 0 Å². The van der Waals surface area contributed by atoms with E-state index in [9.17, 15) is 0 Å². The SMILES string of the molecule is CC=Cc1cnc(N)nc1-c1ccc(OC)cc1. The second-order valence-corrected chi connectivity index (χ2v) is 3.76. The van der Waals surface area contributed by atoms with Crippen LogP contribution in [0.3, 0.4) is 0 Å². The van der Waals surface area contributed by atoms with Crippen molar-refractivity contribution in [3.05, 3.63) is 42.1 Å².